The first-order valence-electron chi connectivity index (χ1n) is 7.97. The van der Waals surface area contributed by atoms with Crippen molar-refractivity contribution in [3.63, 3.8) is 0 Å². The molecule has 2 aromatic rings. The smallest absolute Gasteiger partial charge is 0.433 e. The Labute approximate surface area is 180 Å². The fraction of sp³-hybridized carbons (Fsp3) is 0.235. The van der Waals surface area contributed by atoms with Gasteiger partial charge in [0.2, 0.25) is 0 Å². The SMILES string of the molecule is Nc1cccc(C(=O)Nc2c(Br)cc(C(F)(C(F)(F)F)C(F)(F)F)cc2OC(F)F)c1F. The molecule has 3 N–H and O–H groups in total. The van der Waals surface area contributed by atoms with Crippen LogP contribution < -0.4 is 15.8 Å². The Kier molecular flexibility index (Phi) is 6.92. The lowest BCUT2D eigenvalue weighted by Gasteiger charge is -2.31. The van der Waals surface area contributed by atoms with E-state index in [1.54, 1.807) is 5.32 Å². The van der Waals surface area contributed by atoms with Gasteiger partial charge in [0.05, 0.1) is 16.9 Å². The average Bonchev–Trinajstić information content (AvgIpc) is 2.63. The zero-order chi connectivity index (χ0) is 24.6. The second-order valence-corrected chi connectivity index (χ2v) is 6.88. The molecule has 0 aliphatic carbocycles. The van der Waals surface area contributed by atoms with Gasteiger partial charge in [0, 0.05) is 10.0 Å². The van der Waals surface area contributed by atoms with Crippen LogP contribution in [0.15, 0.2) is 34.8 Å². The van der Waals surface area contributed by atoms with E-state index in [1.165, 1.54) is 0 Å². The Morgan fingerprint density at radius 3 is 2.09 bits per heavy atom. The maximum Gasteiger partial charge on any atom is 0.435 e. The van der Waals surface area contributed by atoms with Crippen LogP contribution in [-0.2, 0) is 5.67 Å². The molecule has 0 spiro atoms. The normalized spacial score (nSPS) is 12.8. The van der Waals surface area contributed by atoms with Crippen LogP contribution in [0.4, 0.5) is 55.3 Å². The van der Waals surface area contributed by atoms with E-state index in [0.29, 0.717) is 0 Å². The Morgan fingerprint density at radius 1 is 1.03 bits per heavy atom. The third-order valence-corrected chi connectivity index (χ3v) is 4.59. The summed E-state index contributed by atoms with van der Waals surface area (Å²) < 4.78 is 135. The van der Waals surface area contributed by atoms with E-state index in [2.05, 4.69) is 20.7 Å². The summed E-state index contributed by atoms with van der Waals surface area (Å²) in [7, 11) is 0. The molecular weight excluding hydrogens is 534 g/mol. The zero-order valence-corrected chi connectivity index (χ0v) is 16.6. The molecule has 0 unspecified atom stereocenters. The summed E-state index contributed by atoms with van der Waals surface area (Å²) in [5, 5.41) is 1.80. The molecule has 4 nitrogen and oxygen atoms in total. The number of nitrogens with two attached hydrogens (primary N) is 1. The number of halogens is 11. The van der Waals surface area contributed by atoms with Crippen LogP contribution in [0.3, 0.4) is 0 Å². The first kappa shape index (κ1) is 25.5. The number of hydrogen-bond acceptors (Lipinski definition) is 3. The number of carbonyl (C=O) groups excluding carboxylic acids is 1. The van der Waals surface area contributed by atoms with Crippen molar-refractivity contribution in [1.82, 2.24) is 0 Å². The molecule has 32 heavy (non-hydrogen) atoms. The fourth-order valence-corrected chi connectivity index (χ4v) is 3.03. The van der Waals surface area contributed by atoms with Crippen molar-refractivity contribution in [1.29, 1.82) is 0 Å². The summed E-state index contributed by atoms with van der Waals surface area (Å²) in [6.45, 7) is -3.80. The third kappa shape index (κ3) is 4.71. The summed E-state index contributed by atoms with van der Waals surface area (Å²) in [5.74, 6) is -4.08. The first-order valence-corrected chi connectivity index (χ1v) is 8.76. The van der Waals surface area contributed by atoms with Gasteiger partial charge in [0.1, 0.15) is 0 Å². The van der Waals surface area contributed by atoms with Gasteiger partial charge in [-0.1, -0.05) is 6.07 Å². The number of rotatable bonds is 5. The third-order valence-electron chi connectivity index (χ3n) is 3.96. The molecule has 1 amide bonds. The van der Waals surface area contributed by atoms with E-state index >= 15 is 0 Å². The van der Waals surface area contributed by atoms with E-state index < -0.39 is 69.1 Å². The predicted molar refractivity (Wildman–Crippen MR) is 94.4 cm³/mol. The van der Waals surface area contributed by atoms with Gasteiger partial charge >= 0.3 is 24.6 Å². The maximum atomic E-state index is 14.3. The number of anilines is 2. The van der Waals surface area contributed by atoms with Crippen molar-refractivity contribution >= 4 is 33.2 Å². The highest BCUT2D eigenvalue weighted by molar-refractivity contribution is 9.10. The van der Waals surface area contributed by atoms with Crippen LogP contribution in [0, 0.1) is 5.82 Å². The standard InChI is InChI=1S/C17H9BrF10N2O2/c18-8-4-6(15(22,16(23,24)25)17(26,27)28)5-10(32-14(20)21)12(8)30-13(31)7-2-1-3-9(29)11(7)19/h1-5,14H,29H2,(H,30,31). The summed E-state index contributed by atoms with van der Waals surface area (Å²) >= 11 is 2.49. The number of carbonyl (C=O) groups is 1. The van der Waals surface area contributed by atoms with Crippen molar-refractivity contribution in [3.8, 4) is 5.75 Å². The second kappa shape index (κ2) is 8.67. The molecule has 0 fully saturated rings. The molecule has 0 radical (unpaired) electrons. The molecule has 0 aliphatic heterocycles. The Bertz CT molecular complexity index is 1010. The minimum atomic E-state index is -6.54. The van der Waals surface area contributed by atoms with Crippen LogP contribution in [0.25, 0.3) is 0 Å². The van der Waals surface area contributed by atoms with Crippen LogP contribution in [0.2, 0.25) is 0 Å². The zero-order valence-electron chi connectivity index (χ0n) is 15.0. The molecule has 2 rings (SSSR count). The minimum absolute atomic E-state index is 0.0371. The van der Waals surface area contributed by atoms with E-state index in [0.717, 1.165) is 18.2 Å². The number of ether oxygens (including phenoxy) is 1. The van der Waals surface area contributed by atoms with Gasteiger partial charge in [-0.2, -0.15) is 35.1 Å². The second-order valence-electron chi connectivity index (χ2n) is 6.03. The van der Waals surface area contributed by atoms with Crippen molar-refractivity contribution in [2.75, 3.05) is 11.1 Å². The molecule has 0 saturated heterocycles. The van der Waals surface area contributed by atoms with Crippen LogP contribution in [0.1, 0.15) is 15.9 Å². The van der Waals surface area contributed by atoms with Gasteiger partial charge in [0.25, 0.3) is 5.91 Å². The van der Waals surface area contributed by atoms with Crippen LogP contribution in [0.5, 0.6) is 5.75 Å². The molecule has 0 bridgehead atoms. The highest BCUT2D eigenvalue weighted by Crippen LogP contribution is 2.55. The molecule has 0 aromatic heterocycles. The summed E-state index contributed by atoms with van der Waals surface area (Å²) in [4.78, 5) is 12.3. The Balaban J connectivity index is 2.66. The lowest BCUT2D eigenvalue weighted by molar-refractivity contribution is -0.348. The summed E-state index contributed by atoms with van der Waals surface area (Å²) in [6.07, 6.45) is -13.1. The summed E-state index contributed by atoms with van der Waals surface area (Å²) in [6, 6.07) is 2.76. The molecule has 15 heteroatoms. The molecular formula is C17H9BrF10N2O2. The van der Waals surface area contributed by atoms with Gasteiger partial charge in [-0.25, -0.2) is 8.78 Å². The highest BCUT2D eigenvalue weighted by atomic mass is 79.9. The largest absolute Gasteiger partial charge is 0.435 e. The maximum absolute atomic E-state index is 14.3. The predicted octanol–water partition coefficient (Wildman–Crippen LogP) is 6.31. The lowest BCUT2D eigenvalue weighted by atomic mass is 9.93. The molecule has 176 valence electrons. The molecule has 0 saturated carbocycles. The van der Waals surface area contributed by atoms with Crippen molar-refractivity contribution in [2.24, 2.45) is 0 Å². The van der Waals surface area contributed by atoms with Crippen molar-refractivity contribution in [3.05, 3.63) is 51.7 Å². The van der Waals surface area contributed by atoms with E-state index in [9.17, 15) is 48.7 Å². The van der Waals surface area contributed by atoms with Crippen LogP contribution >= 0.6 is 15.9 Å². The summed E-state index contributed by atoms with van der Waals surface area (Å²) in [5.41, 5.74) is -5.00. The number of amides is 1. The lowest BCUT2D eigenvalue weighted by Crippen LogP contribution is -2.50. The van der Waals surface area contributed by atoms with E-state index in [4.69, 9.17) is 5.73 Å². The molecule has 0 atom stereocenters. The number of benzene rings is 2. The fourth-order valence-electron chi connectivity index (χ4n) is 2.48. The number of nitrogen functional groups attached to an aromatic ring is 1. The van der Waals surface area contributed by atoms with Crippen molar-refractivity contribution in [2.45, 2.75) is 24.6 Å². The van der Waals surface area contributed by atoms with Crippen molar-refractivity contribution < 1.29 is 53.4 Å². The Morgan fingerprint density at radius 2 is 1.59 bits per heavy atom. The quantitative estimate of drug-likeness (QED) is 0.343. The highest BCUT2D eigenvalue weighted by Gasteiger charge is 2.73. The number of alkyl halides is 9. The monoisotopic (exact) mass is 542 g/mol. The van der Waals surface area contributed by atoms with Gasteiger partial charge < -0.3 is 15.8 Å². The first-order chi connectivity index (χ1) is 14.5. The average molecular weight is 543 g/mol. The van der Waals surface area contributed by atoms with Gasteiger partial charge in [-0.05, 0) is 40.2 Å². The molecule has 0 aliphatic rings. The molecule has 2 aromatic carbocycles. The van der Waals surface area contributed by atoms with Crippen LogP contribution in [-0.4, -0.2) is 24.9 Å². The number of hydrogen-bond donors (Lipinski definition) is 2. The van der Waals surface area contributed by atoms with E-state index in [-0.39, 0.29) is 12.1 Å². The van der Waals surface area contributed by atoms with Gasteiger partial charge in [0.15, 0.2) is 11.6 Å². The van der Waals surface area contributed by atoms with Gasteiger partial charge in [-0.3, -0.25) is 4.79 Å². The van der Waals surface area contributed by atoms with E-state index in [1.807, 2.05) is 0 Å². The van der Waals surface area contributed by atoms with Gasteiger partial charge in [-0.15, -0.1) is 0 Å². The number of nitrogens with one attached hydrogen (secondary N) is 1. The minimum Gasteiger partial charge on any atom is -0.433 e. The molecule has 0 heterocycles. The Hall–Kier alpha value is -2.71. The topological polar surface area (TPSA) is 64.4 Å².